The zero-order valence-corrected chi connectivity index (χ0v) is 11.8. The topological polar surface area (TPSA) is 50.2 Å². The Morgan fingerprint density at radius 1 is 1.25 bits per heavy atom. The van der Waals surface area contributed by atoms with Gasteiger partial charge in [-0.15, -0.1) is 11.3 Å². The standard InChI is InChI=1S/C16H13NO2S/c1-2-12-11(16(18)19)7-8-13(17-12)15-9-10-5-3-4-6-14(10)20-15/h3-9H,2H2,1H3,(H,18,19). The van der Waals surface area contributed by atoms with Gasteiger partial charge in [0.1, 0.15) is 0 Å². The molecule has 0 atom stereocenters. The molecule has 0 aliphatic rings. The van der Waals surface area contributed by atoms with E-state index in [9.17, 15) is 4.79 Å². The molecular formula is C16H13NO2S. The van der Waals surface area contributed by atoms with E-state index in [0.717, 1.165) is 10.6 Å². The van der Waals surface area contributed by atoms with Gasteiger partial charge in [-0.2, -0.15) is 0 Å². The van der Waals surface area contributed by atoms with E-state index in [1.807, 2.05) is 19.1 Å². The highest BCUT2D eigenvalue weighted by Gasteiger charge is 2.12. The van der Waals surface area contributed by atoms with Gasteiger partial charge in [-0.25, -0.2) is 4.79 Å². The van der Waals surface area contributed by atoms with Crippen molar-refractivity contribution in [2.75, 3.05) is 0 Å². The van der Waals surface area contributed by atoms with E-state index in [1.54, 1.807) is 23.5 Å². The van der Waals surface area contributed by atoms with Crippen LogP contribution in [0.3, 0.4) is 0 Å². The van der Waals surface area contributed by atoms with Crippen LogP contribution in [0.2, 0.25) is 0 Å². The summed E-state index contributed by atoms with van der Waals surface area (Å²) in [7, 11) is 0. The van der Waals surface area contributed by atoms with Crippen molar-refractivity contribution in [1.82, 2.24) is 4.98 Å². The van der Waals surface area contributed by atoms with Crippen LogP contribution in [0.25, 0.3) is 20.7 Å². The SMILES string of the molecule is CCc1nc(-c2cc3ccccc3s2)ccc1C(=O)O. The molecule has 20 heavy (non-hydrogen) atoms. The molecule has 0 unspecified atom stereocenters. The number of aromatic nitrogens is 1. The molecule has 0 amide bonds. The number of carbonyl (C=O) groups is 1. The number of carboxylic acids is 1. The number of aromatic carboxylic acids is 1. The summed E-state index contributed by atoms with van der Waals surface area (Å²) in [6.07, 6.45) is 0.611. The lowest BCUT2D eigenvalue weighted by atomic mass is 10.1. The summed E-state index contributed by atoms with van der Waals surface area (Å²) in [5, 5.41) is 10.3. The average Bonchev–Trinajstić information content (AvgIpc) is 2.90. The second-order valence-electron chi connectivity index (χ2n) is 4.50. The van der Waals surface area contributed by atoms with E-state index in [1.165, 1.54) is 10.1 Å². The highest BCUT2D eigenvalue weighted by atomic mass is 32.1. The van der Waals surface area contributed by atoms with Crippen LogP contribution in [0.5, 0.6) is 0 Å². The monoisotopic (exact) mass is 283 g/mol. The Bertz CT molecular complexity index is 759. The molecule has 100 valence electrons. The number of rotatable bonds is 3. The Kier molecular flexibility index (Phi) is 3.24. The van der Waals surface area contributed by atoms with Crippen molar-refractivity contribution in [3.05, 3.63) is 53.7 Å². The minimum Gasteiger partial charge on any atom is -0.478 e. The van der Waals surface area contributed by atoms with Gasteiger partial charge in [0.15, 0.2) is 0 Å². The molecule has 0 bridgehead atoms. The molecule has 3 rings (SSSR count). The smallest absolute Gasteiger partial charge is 0.337 e. The Balaban J connectivity index is 2.12. The molecule has 2 aromatic heterocycles. The molecule has 3 nitrogen and oxygen atoms in total. The van der Waals surface area contributed by atoms with Crippen LogP contribution in [-0.2, 0) is 6.42 Å². The number of nitrogens with zero attached hydrogens (tertiary/aromatic N) is 1. The maximum absolute atomic E-state index is 11.1. The molecule has 4 heteroatoms. The Morgan fingerprint density at radius 2 is 2.05 bits per heavy atom. The number of thiophene rings is 1. The molecule has 2 heterocycles. The Hall–Kier alpha value is -2.20. The first-order chi connectivity index (χ1) is 9.69. The molecule has 1 N–H and O–H groups in total. The molecule has 0 saturated heterocycles. The molecule has 0 radical (unpaired) electrons. The van der Waals surface area contributed by atoms with E-state index < -0.39 is 5.97 Å². The van der Waals surface area contributed by atoms with Crippen molar-refractivity contribution in [3.8, 4) is 10.6 Å². The summed E-state index contributed by atoms with van der Waals surface area (Å²) >= 11 is 1.67. The van der Waals surface area contributed by atoms with Gasteiger partial charge in [0.25, 0.3) is 0 Å². The lowest BCUT2D eigenvalue weighted by Gasteiger charge is -2.04. The summed E-state index contributed by atoms with van der Waals surface area (Å²) in [5.41, 5.74) is 1.76. The van der Waals surface area contributed by atoms with Crippen LogP contribution < -0.4 is 0 Å². The van der Waals surface area contributed by atoms with Crippen molar-refractivity contribution < 1.29 is 9.90 Å². The first kappa shape index (κ1) is 12.8. The maximum Gasteiger partial charge on any atom is 0.337 e. The van der Waals surface area contributed by atoms with E-state index >= 15 is 0 Å². The van der Waals surface area contributed by atoms with Gasteiger partial charge in [-0.1, -0.05) is 25.1 Å². The lowest BCUT2D eigenvalue weighted by molar-refractivity contribution is 0.0695. The fourth-order valence-electron chi connectivity index (χ4n) is 2.21. The number of hydrogen-bond acceptors (Lipinski definition) is 3. The number of pyridine rings is 1. The normalized spacial score (nSPS) is 10.8. The van der Waals surface area contributed by atoms with Crippen LogP contribution >= 0.6 is 11.3 Å². The zero-order valence-electron chi connectivity index (χ0n) is 11.0. The second kappa shape index (κ2) is 5.06. The molecule has 0 saturated carbocycles. The predicted octanol–water partition coefficient (Wildman–Crippen LogP) is 4.22. The van der Waals surface area contributed by atoms with Gasteiger partial charge >= 0.3 is 5.97 Å². The van der Waals surface area contributed by atoms with Gasteiger partial charge in [0.2, 0.25) is 0 Å². The minimum absolute atomic E-state index is 0.289. The van der Waals surface area contributed by atoms with Crippen LogP contribution in [-0.4, -0.2) is 16.1 Å². The maximum atomic E-state index is 11.1. The van der Waals surface area contributed by atoms with Gasteiger partial charge in [0, 0.05) is 4.70 Å². The van der Waals surface area contributed by atoms with Crippen LogP contribution in [0.4, 0.5) is 0 Å². The molecular weight excluding hydrogens is 270 g/mol. The third-order valence-corrected chi connectivity index (χ3v) is 4.36. The van der Waals surface area contributed by atoms with Gasteiger partial charge in [-0.05, 0) is 36.1 Å². The van der Waals surface area contributed by atoms with E-state index in [2.05, 4.69) is 23.2 Å². The molecule has 0 aliphatic heterocycles. The van der Waals surface area contributed by atoms with Crippen molar-refractivity contribution in [3.63, 3.8) is 0 Å². The quantitative estimate of drug-likeness (QED) is 0.782. The number of fused-ring (bicyclic) bond motifs is 1. The van der Waals surface area contributed by atoms with Crippen molar-refractivity contribution >= 4 is 27.4 Å². The minimum atomic E-state index is -0.919. The number of hydrogen-bond donors (Lipinski definition) is 1. The fourth-order valence-corrected chi connectivity index (χ4v) is 3.24. The van der Waals surface area contributed by atoms with Gasteiger partial charge < -0.3 is 5.11 Å². The molecule has 0 fully saturated rings. The highest BCUT2D eigenvalue weighted by Crippen LogP contribution is 2.32. The van der Waals surface area contributed by atoms with E-state index in [4.69, 9.17) is 5.11 Å². The third kappa shape index (κ3) is 2.18. The predicted molar refractivity (Wildman–Crippen MR) is 81.4 cm³/mol. The van der Waals surface area contributed by atoms with Gasteiger partial charge in [-0.3, -0.25) is 4.98 Å². The Morgan fingerprint density at radius 3 is 2.75 bits per heavy atom. The number of aryl methyl sites for hydroxylation is 1. The lowest BCUT2D eigenvalue weighted by Crippen LogP contribution is -2.04. The summed E-state index contributed by atoms with van der Waals surface area (Å²) in [4.78, 5) is 16.7. The van der Waals surface area contributed by atoms with Crippen molar-refractivity contribution in [1.29, 1.82) is 0 Å². The Labute approximate surface area is 120 Å². The van der Waals surface area contributed by atoms with E-state index in [-0.39, 0.29) is 5.56 Å². The average molecular weight is 283 g/mol. The van der Waals surface area contributed by atoms with Crippen LogP contribution in [0.1, 0.15) is 23.0 Å². The van der Waals surface area contributed by atoms with Gasteiger partial charge in [0.05, 0.1) is 21.8 Å². The summed E-state index contributed by atoms with van der Waals surface area (Å²) in [5.74, 6) is -0.919. The first-order valence-electron chi connectivity index (χ1n) is 6.41. The zero-order chi connectivity index (χ0) is 14.1. The fraction of sp³-hybridized carbons (Fsp3) is 0.125. The first-order valence-corrected chi connectivity index (χ1v) is 7.23. The summed E-state index contributed by atoms with van der Waals surface area (Å²) in [6.45, 7) is 1.92. The van der Waals surface area contributed by atoms with Crippen LogP contribution in [0.15, 0.2) is 42.5 Å². The molecule has 0 spiro atoms. The summed E-state index contributed by atoms with van der Waals surface area (Å²) < 4.78 is 1.21. The van der Waals surface area contributed by atoms with E-state index in [0.29, 0.717) is 12.1 Å². The molecule has 3 aromatic rings. The van der Waals surface area contributed by atoms with Crippen molar-refractivity contribution in [2.24, 2.45) is 0 Å². The van der Waals surface area contributed by atoms with Crippen molar-refractivity contribution in [2.45, 2.75) is 13.3 Å². The third-order valence-electron chi connectivity index (χ3n) is 3.22. The number of benzene rings is 1. The molecule has 0 aliphatic carbocycles. The summed E-state index contributed by atoms with van der Waals surface area (Å²) in [6, 6.07) is 13.7. The number of carboxylic acid groups (broad SMARTS) is 1. The second-order valence-corrected chi connectivity index (χ2v) is 5.58. The molecule has 1 aromatic carbocycles. The highest BCUT2D eigenvalue weighted by molar-refractivity contribution is 7.22. The van der Waals surface area contributed by atoms with Crippen LogP contribution in [0, 0.1) is 0 Å². The largest absolute Gasteiger partial charge is 0.478 e.